The van der Waals surface area contributed by atoms with Gasteiger partial charge in [0, 0.05) is 13.0 Å². The van der Waals surface area contributed by atoms with Gasteiger partial charge in [-0.3, -0.25) is 9.59 Å². The first-order chi connectivity index (χ1) is 10.0. The number of carboxylic acid groups (broad SMARTS) is 1. The van der Waals surface area contributed by atoms with Crippen LogP contribution in [0.15, 0.2) is 23.8 Å². The fraction of sp³-hybridized carbons (Fsp3) is 0.500. The molecule has 0 bridgehead atoms. The van der Waals surface area contributed by atoms with Crippen molar-refractivity contribution in [3.63, 3.8) is 0 Å². The molecule has 0 aromatic heterocycles. The largest absolute Gasteiger partial charge is 0.483 e. The highest BCUT2D eigenvalue weighted by atomic mass is 16.5. The Balaban J connectivity index is -0.000000569. The summed E-state index contributed by atoms with van der Waals surface area (Å²) in [5, 5.41) is 9.31. The Kier molecular flexibility index (Phi) is 22.6. The third-order valence-corrected chi connectivity index (χ3v) is 1.76. The van der Waals surface area contributed by atoms with Crippen LogP contribution in [0.4, 0.5) is 4.79 Å². The van der Waals surface area contributed by atoms with Gasteiger partial charge < -0.3 is 20.9 Å². The molecule has 0 aromatic rings. The van der Waals surface area contributed by atoms with Crippen LogP contribution in [0.5, 0.6) is 0 Å². The zero-order chi connectivity index (χ0) is 17.1. The normalized spacial score (nSPS) is 9.62. The predicted octanol–water partition coefficient (Wildman–Crippen LogP) is 1.84. The van der Waals surface area contributed by atoms with Gasteiger partial charge in [-0.25, -0.2) is 4.79 Å². The van der Waals surface area contributed by atoms with E-state index in [-0.39, 0.29) is 26.0 Å². The fourth-order valence-corrected chi connectivity index (χ4v) is 0.929. The van der Waals surface area contributed by atoms with E-state index in [4.69, 9.17) is 20.4 Å². The average Bonchev–Trinajstić information content (AvgIpc) is 2.46. The first kappa shape index (κ1) is 23.8. The molecule has 0 aliphatic carbocycles. The van der Waals surface area contributed by atoms with Gasteiger partial charge >= 0.3 is 6.09 Å². The highest BCUT2D eigenvalue weighted by Gasteiger charge is 2.02. The maximum atomic E-state index is 11.1. The summed E-state index contributed by atoms with van der Waals surface area (Å²) < 4.78 is 4.91. The number of allylic oxidation sites excluding steroid dienone is 2. The second-order valence-electron chi connectivity index (χ2n) is 3.19. The molecule has 7 nitrogen and oxygen atoms in total. The lowest BCUT2D eigenvalue weighted by Gasteiger charge is -2.06. The molecule has 0 aliphatic heterocycles. The van der Waals surface area contributed by atoms with Crippen LogP contribution in [0.25, 0.3) is 0 Å². The monoisotopic (exact) mass is 302 g/mol. The average molecular weight is 302 g/mol. The van der Waals surface area contributed by atoms with E-state index in [0.29, 0.717) is 0 Å². The maximum absolute atomic E-state index is 11.1. The van der Waals surface area contributed by atoms with Crippen LogP contribution in [0.3, 0.4) is 0 Å². The lowest BCUT2D eigenvalue weighted by Crippen LogP contribution is -2.28. The number of nitrogens with two attached hydrogens (primary N) is 1. The topological polar surface area (TPSA) is 119 Å². The van der Waals surface area contributed by atoms with Crippen molar-refractivity contribution in [3.8, 4) is 0 Å². The van der Waals surface area contributed by atoms with E-state index in [1.54, 1.807) is 0 Å². The predicted molar refractivity (Wildman–Crippen MR) is 81.8 cm³/mol. The lowest BCUT2D eigenvalue weighted by atomic mass is 10.2. The molecule has 0 fully saturated rings. The smallest absolute Gasteiger partial charge is 0.407 e. The van der Waals surface area contributed by atoms with Crippen LogP contribution < -0.4 is 11.1 Å². The molecule has 2 amide bonds. The molecule has 21 heavy (non-hydrogen) atoms. The number of ether oxygens (including phenoxy) is 1. The number of hydrogen-bond acceptors (Lipinski definition) is 4. The molecule has 0 heterocycles. The van der Waals surface area contributed by atoms with Crippen molar-refractivity contribution in [1.82, 2.24) is 5.32 Å². The summed E-state index contributed by atoms with van der Waals surface area (Å²) in [5.74, 6) is -0.455. The third kappa shape index (κ3) is 23.2. The van der Waals surface area contributed by atoms with E-state index < -0.39 is 12.0 Å². The van der Waals surface area contributed by atoms with E-state index in [1.807, 2.05) is 45.9 Å². The van der Waals surface area contributed by atoms with Gasteiger partial charge in [-0.15, -0.1) is 0 Å². The van der Waals surface area contributed by atoms with Crippen molar-refractivity contribution in [2.24, 2.45) is 5.73 Å². The summed E-state index contributed by atoms with van der Waals surface area (Å²) in [4.78, 5) is 29.9. The quantitative estimate of drug-likeness (QED) is 0.511. The van der Waals surface area contributed by atoms with Crippen LogP contribution in [-0.2, 0) is 14.3 Å². The maximum Gasteiger partial charge on any atom is 0.407 e. The Morgan fingerprint density at radius 2 is 1.81 bits per heavy atom. The SMILES string of the molecule is C/C=C\C(=C/C)COC(=O)NCCC(N)=O.CC.O=CO. The van der Waals surface area contributed by atoms with E-state index in [0.717, 1.165) is 5.57 Å². The zero-order valence-corrected chi connectivity index (χ0v) is 13.1. The number of carbonyl (C=O) groups is 3. The molecule has 0 saturated carbocycles. The van der Waals surface area contributed by atoms with Crippen LogP contribution in [-0.4, -0.2) is 36.7 Å². The Hall–Kier alpha value is -2.31. The highest BCUT2D eigenvalue weighted by Crippen LogP contribution is 1.97. The molecule has 0 saturated heterocycles. The number of amides is 2. The van der Waals surface area contributed by atoms with Crippen LogP contribution in [0.1, 0.15) is 34.1 Å². The van der Waals surface area contributed by atoms with Crippen molar-refractivity contribution in [1.29, 1.82) is 0 Å². The minimum Gasteiger partial charge on any atom is -0.483 e. The van der Waals surface area contributed by atoms with Gasteiger partial charge in [-0.1, -0.05) is 32.1 Å². The minimum atomic E-state index is -0.551. The van der Waals surface area contributed by atoms with Gasteiger partial charge in [0.1, 0.15) is 6.61 Å². The molecular formula is C14H26N2O5. The third-order valence-electron chi connectivity index (χ3n) is 1.76. The van der Waals surface area contributed by atoms with Gasteiger partial charge in [0.05, 0.1) is 0 Å². The Morgan fingerprint density at radius 3 is 2.19 bits per heavy atom. The molecule has 0 aliphatic rings. The van der Waals surface area contributed by atoms with Crippen LogP contribution in [0, 0.1) is 0 Å². The Morgan fingerprint density at radius 1 is 1.29 bits per heavy atom. The minimum absolute atomic E-state index is 0.112. The fourth-order valence-electron chi connectivity index (χ4n) is 0.929. The number of nitrogens with one attached hydrogen (secondary N) is 1. The number of primary amides is 1. The summed E-state index contributed by atoms with van der Waals surface area (Å²) in [6.07, 6.45) is 5.14. The van der Waals surface area contributed by atoms with Gasteiger partial charge in [0.15, 0.2) is 0 Å². The van der Waals surface area contributed by atoms with Crippen molar-refractivity contribution >= 4 is 18.5 Å². The Labute approximate surface area is 125 Å². The molecule has 0 spiro atoms. The Bertz CT molecular complexity index is 338. The van der Waals surface area contributed by atoms with E-state index in [2.05, 4.69) is 5.32 Å². The van der Waals surface area contributed by atoms with Gasteiger partial charge in [-0.2, -0.15) is 0 Å². The molecule has 0 rings (SSSR count). The second-order valence-corrected chi connectivity index (χ2v) is 3.19. The molecule has 0 unspecified atom stereocenters. The molecule has 0 aromatic carbocycles. The summed E-state index contributed by atoms with van der Waals surface area (Å²) in [5.41, 5.74) is 5.82. The number of rotatable bonds is 6. The summed E-state index contributed by atoms with van der Waals surface area (Å²) in [6.45, 7) is 7.91. The first-order valence-electron chi connectivity index (χ1n) is 6.56. The van der Waals surface area contributed by atoms with Gasteiger partial charge in [0.25, 0.3) is 6.47 Å². The zero-order valence-electron chi connectivity index (χ0n) is 13.1. The second kappa shape index (κ2) is 20.0. The van der Waals surface area contributed by atoms with Crippen molar-refractivity contribution in [2.75, 3.05) is 13.2 Å². The summed E-state index contributed by atoms with van der Waals surface area (Å²) in [6, 6.07) is 0. The highest BCUT2D eigenvalue weighted by molar-refractivity contribution is 5.75. The molecule has 4 N–H and O–H groups in total. The van der Waals surface area contributed by atoms with Crippen LogP contribution in [0.2, 0.25) is 0 Å². The number of carbonyl (C=O) groups excluding carboxylic acids is 2. The molecule has 0 radical (unpaired) electrons. The first-order valence-corrected chi connectivity index (χ1v) is 6.56. The number of alkyl carbamates (subject to hydrolysis) is 1. The number of hydrogen-bond donors (Lipinski definition) is 3. The van der Waals surface area contributed by atoms with Crippen molar-refractivity contribution in [3.05, 3.63) is 23.8 Å². The lowest BCUT2D eigenvalue weighted by molar-refractivity contribution is -0.123. The van der Waals surface area contributed by atoms with Crippen molar-refractivity contribution < 1.29 is 24.2 Å². The summed E-state index contributed by atoms with van der Waals surface area (Å²) >= 11 is 0. The van der Waals surface area contributed by atoms with E-state index >= 15 is 0 Å². The van der Waals surface area contributed by atoms with Crippen molar-refractivity contribution in [2.45, 2.75) is 34.1 Å². The standard InChI is InChI=1S/C11H18N2O3.C2H6.CH2O2/c1-3-5-9(4-2)8-16-11(15)13-7-6-10(12)14;1-2;2-1-3/h3-5H,6-8H2,1-2H3,(H2,12,14)(H,13,15);1-2H3;1H,(H,2,3)/b5-3-,9-4+;;. The molecule has 122 valence electrons. The molecule has 0 atom stereocenters. The van der Waals surface area contributed by atoms with Gasteiger partial charge in [-0.05, 0) is 19.4 Å². The van der Waals surface area contributed by atoms with Gasteiger partial charge in [0.2, 0.25) is 5.91 Å². The van der Waals surface area contributed by atoms with Crippen LogP contribution >= 0.6 is 0 Å². The van der Waals surface area contributed by atoms with E-state index in [9.17, 15) is 9.59 Å². The van der Waals surface area contributed by atoms with E-state index in [1.165, 1.54) is 0 Å². The summed E-state index contributed by atoms with van der Waals surface area (Å²) in [7, 11) is 0. The molecular weight excluding hydrogens is 276 g/mol. The molecule has 7 heteroatoms.